The minimum absolute atomic E-state index is 0.124. The highest BCUT2D eigenvalue weighted by Gasteiger charge is 2.16. The summed E-state index contributed by atoms with van der Waals surface area (Å²) >= 11 is 0. The van der Waals surface area contributed by atoms with Crippen molar-refractivity contribution in [3.63, 3.8) is 0 Å². The van der Waals surface area contributed by atoms with Crippen molar-refractivity contribution in [2.45, 2.75) is 6.92 Å². The highest BCUT2D eigenvalue weighted by molar-refractivity contribution is 5.91. The van der Waals surface area contributed by atoms with Gasteiger partial charge in [0.15, 0.2) is 6.39 Å². The molecule has 2 rings (SSSR count). The molecule has 1 heterocycles. The van der Waals surface area contributed by atoms with Crippen molar-refractivity contribution in [3.8, 4) is 11.3 Å². The van der Waals surface area contributed by atoms with Gasteiger partial charge in [0.1, 0.15) is 5.69 Å². The van der Waals surface area contributed by atoms with Crippen LogP contribution >= 0.6 is 0 Å². The fourth-order valence-corrected chi connectivity index (χ4v) is 1.40. The number of hydrogen-bond donors (Lipinski definition) is 1. The lowest BCUT2D eigenvalue weighted by atomic mass is 10.1. The maximum Gasteiger partial charge on any atom is 0.374 e. The zero-order chi connectivity index (χ0) is 10.8. The highest BCUT2D eigenvalue weighted by atomic mass is 16.4. The molecule has 0 spiro atoms. The van der Waals surface area contributed by atoms with Gasteiger partial charge in [0.25, 0.3) is 0 Å². The number of nitrogens with zero attached hydrogens (tertiary/aromatic N) is 1. The lowest BCUT2D eigenvalue weighted by molar-refractivity contribution is 0.0663. The number of hydrogen-bond acceptors (Lipinski definition) is 3. The molecule has 1 aromatic heterocycles. The van der Waals surface area contributed by atoms with Crippen LogP contribution in [0, 0.1) is 6.92 Å². The summed E-state index contributed by atoms with van der Waals surface area (Å²) in [6, 6.07) is 7.45. The van der Waals surface area contributed by atoms with Crippen LogP contribution in [-0.2, 0) is 0 Å². The Morgan fingerprint density at radius 2 is 2.27 bits per heavy atom. The number of aromatic carboxylic acids is 1. The number of aryl methyl sites for hydroxylation is 1. The summed E-state index contributed by atoms with van der Waals surface area (Å²) < 4.78 is 4.81. The summed E-state index contributed by atoms with van der Waals surface area (Å²) in [6.07, 6.45) is 1.14. The second-order valence-corrected chi connectivity index (χ2v) is 3.20. The first-order chi connectivity index (χ1) is 7.18. The number of carboxylic acids is 1. The average molecular weight is 203 g/mol. The van der Waals surface area contributed by atoms with Crippen molar-refractivity contribution in [2.24, 2.45) is 0 Å². The van der Waals surface area contributed by atoms with Crippen LogP contribution in [-0.4, -0.2) is 16.1 Å². The van der Waals surface area contributed by atoms with Gasteiger partial charge >= 0.3 is 5.97 Å². The zero-order valence-electron chi connectivity index (χ0n) is 8.10. The third-order valence-corrected chi connectivity index (χ3v) is 2.05. The van der Waals surface area contributed by atoms with Crippen molar-refractivity contribution in [3.05, 3.63) is 42.0 Å². The summed E-state index contributed by atoms with van der Waals surface area (Å²) in [5.74, 6) is -1.23. The third-order valence-electron chi connectivity index (χ3n) is 2.05. The Morgan fingerprint density at radius 3 is 2.93 bits per heavy atom. The number of rotatable bonds is 2. The smallest absolute Gasteiger partial charge is 0.374 e. The molecular weight excluding hydrogens is 194 g/mol. The van der Waals surface area contributed by atoms with Gasteiger partial charge in [-0.25, -0.2) is 9.78 Å². The molecule has 1 N–H and O–H groups in total. The molecule has 0 saturated carbocycles. The maximum absolute atomic E-state index is 10.8. The van der Waals surface area contributed by atoms with Crippen LogP contribution in [0.2, 0.25) is 0 Å². The maximum atomic E-state index is 10.8. The average Bonchev–Trinajstić information content (AvgIpc) is 2.65. The second-order valence-electron chi connectivity index (χ2n) is 3.20. The van der Waals surface area contributed by atoms with Crippen LogP contribution in [0.25, 0.3) is 11.3 Å². The molecule has 0 saturated heterocycles. The first kappa shape index (κ1) is 9.45. The summed E-state index contributed by atoms with van der Waals surface area (Å²) in [6.45, 7) is 1.93. The quantitative estimate of drug-likeness (QED) is 0.813. The summed E-state index contributed by atoms with van der Waals surface area (Å²) in [5, 5.41) is 8.85. The monoisotopic (exact) mass is 203 g/mol. The molecule has 0 amide bonds. The third kappa shape index (κ3) is 1.74. The molecule has 76 valence electrons. The normalized spacial score (nSPS) is 10.2. The summed E-state index contributed by atoms with van der Waals surface area (Å²) in [4.78, 5) is 14.7. The fraction of sp³-hybridized carbons (Fsp3) is 0.0909. The van der Waals surface area contributed by atoms with E-state index in [1.165, 1.54) is 0 Å². The molecule has 0 fully saturated rings. The molecule has 4 heteroatoms. The van der Waals surface area contributed by atoms with Crippen molar-refractivity contribution < 1.29 is 14.3 Å². The first-order valence-corrected chi connectivity index (χ1v) is 4.42. The number of carbonyl (C=O) groups is 1. The molecule has 15 heavy (non-hydrogen) atoms. The highest BCUT2D eigenvalue weighted by Crippen LogP contribution is 2.22. The molecule has 0 aliphatic heterocycles. The minimum Gasteiger partial charge on any atom is -0.475 e. The lowest BCUT2D eigenvalue weighted by Gasteiger charge is -1.98. The van der Waals surface area contributed by atoms with E-state index in [-0.39, 0.29) is 5.76 Å². The van der Waals surface area contributed by atoms with Crippen LogP contribution < -0.4 is 0 Å². The van der Waals surface area contributed by atoms with E-state index < -0.39 is 5.97 Å². The summed E-state index contributed by atoms with van der Waals surface area (Å²) in [5.41, 5.74) is 2.17. The molecule has 0 unspecified atom stereocenters. The van der Waals surface area contributed by atoms with E-state index in [1.807, 2.05) is 25.1 Å². The molecule has 0 aliphatic carbocycles. The minimum atomic E-state index is -1.11. The molecular formula is C11H9NO3. The molecule has 1 aromatic carbocycles. The Bertz CT molecular complexity index is 502. The molecule has 0 radical (unpaired) electrons. The SMILES string of the molecule is Cc1cccc(-c2ncoc2C(=O)O)c1. The van der Waals surface area contributed by atoms with E-state index in [1.54, 1.807) is 6.07 Å². The largest absolute Gasteiger partial charge is 0.475 e. The van der Waals surface area contributed by atoms with E-state index >= 15 is 0 Å². The van der Waals surface area contributed by atoms with Crippen LogP contribution in [0.15, 0.2) is 35.1 Å². The molecule has 0 bridgehead atoms. The van der Waals surface area contributed by atoms with Crippen LogP contribution in [0.1, 0.15) is 16.1 Å². The van der Waals surface area contributed by atoms with E-state index in [9.17, 15) is 4.79 Å². The van der Waals surface area contributed by atoms with Gasteiger partial charge in [-0.3, -0.25) is 0 Å². The van der Waals surface area contributed by atoms with Gasteiger partial charge < -0.3 is 9.52 Å². The van der Waals surface area contributed by atoms with Gasteiger partial charge in [0.05, 0.1) is 0 Å². The van der Waals surface area contributed by atoms with E-state index in [4.69, 9.17) is 9.52 Å². The van der Waals surface area contributed by atoms with Gasteiger partial charge in [-0.1, -0.05) is 23.8 Å². The predicted molar refractivity (Wildman–Crippen MR) is 53.6 cm³/mol. The Morgan fingerprint density at radius 1 is 1.47 bits per heavy atom. The Balaban J connectivity index is 2.54. The number of oxazole rings is 1. The number of benzene rings is 1. The number of carboxylic acid groups (broad SMARTS) is 1. The summed E-state index contributed by atoms with van der Waals surface area (Å²) in [7, 11) is 0. The van der Waals surface area contributed by atoms with Gasteiger partial charge in [0, 0.05) is 5.56 Å². The Hall–Kier alpha value is -2.10. The van der Waals surface area contributed by atoms with Crippen molar-refractivity contribution in [1.82, 2.24) is 4.98 Å². The van der Waals surface area contributed by atoms with Gasteiger partial charge in [-0.2, -0.15) is 0 Å². The van der Waals surface area contributed by atoms with Crippen LogP contribution in [0.4, 0.5) is 0 Å². The van der Waals surface area contributed by atoms with Gasteiger partial charge in [0.2, 0.25) is 5.76 Å². The predicted octanol–water partition coefficient (Wildman–Crippen LogP) is 2.35. The molecule has 0 atom stereocenters. The Kier molecular flexibility index (Phi) is 2.25. The van der Waals surface area contributed by atoms with Gasteiger partial charge in [-0.15, -0.1) is 0 Å². The van der Waals surface area contributed by atoms with Crippen molar-refractivity contribution >= 4 is 5.97 Å². The molecule has 0 aliphatic rings. The van der Waals surface area contributed by atoms with E-state index in [2.05, 4.69) is 4.98 Å². The zero-order valence-corrected chi connectivity index (χ0v) is 8.10. The van der Waals surface area contributed by atoms with Crippen molar-refractivity contribution in [2.75, 3.05) is 0 Å². The van der Waals surface area contributed by atoms with Crippen LogP contribution in [0.3, 0.4) is 0 Å². The lowest BCUT2D eigenvalue weighted by Crippen LogP contribution is -1.96. The van der Waals surface area contributed by atoms with Gasteiger partial charge in [-0.05, 0) is 13.0 Å². The topological polar surface area (TPSA) is 63.3 Å². The van der Waals surface area contributed by atoms with Crippen LogP contribution in [0.5, 0.6) is 0 Å². The van der Waals surface area contributed by atoms with E-state index in [0.29, 0.717) is 5.69 Å². The first-order valence-electron chi connectivity index (χ1n) is 4.42. The van der Waals surface area contributed by atoms with E-state index in [0.717, 1.165) is 17.5 Å². The fourth-order valence-electron chi connectivity index (χ4n) is 1.40. The van der Waals surface area contributed by atoms with Crippen molar-refractivity contribution in [1.29, 1.82) is 0 Å². The molecule has 4 nitrogen and oxygen atoms in total. The Labute approximate surface area is 86.2 Å². The number of aromatic nitrogens is 1. The second kappa shape index (κ2) is 3.57. The molecule has 2 aromatic rings. The standard InChI is InChI=1S/C11H9NO3/c1-7-3-2-4-8(5-7)9-10(11(13)14)15-6-12-9/h2-6H,1H3,(H,13,14).